The molecule has 0 saturated carbocycles. The summed E-state index contributed by atoms with van der Waals surface area (Å²) in [6.07, 6.45) is 3.29. The van der Waals surface area contributed by atoms with Gasteiger partial charge in [0.15, 0.2) is 0 Å². The third kappa shape index (κ3) is 2.04. The topological polar surface area (TPSA) is 38.7 Å². The zero-order valence-corrected chi connectivity index (χ0v) is 15.9. The summed E-state index contributed by atoms with van der Waals surface area (Å²) >= 11 is 0. The molecule has 0 radical (unpaired) electrons. The van der Waals surface area contributed by atoms with Crippen LogP contribution >= 0.6 is 0 Å². The fourth-order valence-corrected chi connectivity index (χ4v) is 7.06. The van der Waals surface area contributed by atoms with Gasteiger partial charge in [-0.15, -0.1) is 0 Å². The largest absolute Gasteiger partial charge is 0.392 e. The highest BCUT2D eigenvalue weighted by atomic mass is 16.3. The number of nitrogens with one attached hydrogen (secondary N) is 1. The monoisotopic (exact) mass is 321 g/mol. The predicted octanol–water partition coefficient (Wildman–Crippen LogP) is 2.03. The number of rotatable bonds is 1. The van der Waals surface area contributed by atoms with E-state index in [0.29, 0.717) is 0 Å². The van der Waals surface area contributed by atoms with E-state index in [9.17, 15) is 5.11 Å². The van der Waals surface area contributed by atoms with E-state index in [1.165, 1.54) is 12.8 Å². The molecule has 5 saturated heterocycles. The molecule has 2 unspecified atom stereocenters. The van der Waals surface area contributed by atoms with Crippen molar-refractivity contribution >= 4 is 0 Å². The van der Waals surface area contributed by atoms with Crippen LogP contribution in [0.5, 0.6) is 0 Å². The van der Waals surface area contributed by atoms with E-state index in [1.807, 2.05) is 0 Å². The molecule has 3 atom stereocenters. The number of piperidine rings is 3. The van der Waals surface area contributed by atoms with Crippen LogP contribution in [-0.4, -0.2) is 63.9 Å². The summed E-state index contributed by atoms with van der Waals surface area (Å²) in [5.74, 6) is 0. The van der Waals surface area contributed by atoms with E-state index >= 15 is 0 Å². The van der Waals surface area contributed by atoms with Crippen LogP contribution in [0.25, 0.3) is 0 Å². The van der Waals surface area contributed by atoms with Crippen molar-refractivity contribution in [1.82, 2.24) is 15.1 Å². The van der Waals surface area contributed by atoms with Crippen molar-refractivity contribution in [3.8, 4) is 0 Å². The van der Waals surface area contributed by atoms with Crippen molar-refractivity contribution in [2.45, 2.75) is 83.6 Å². The van der Waals surface area contributed by atoms with Crippen molar-refractivity contribution in [3.63, 3.8) is 0 Å². The SMILES string of the molecule is CCC12CN3CC(C)(CN(C1)C31CC(C)(C)NC(C)(C)C1)[C@H]2O. The molecule has 132 valence electrons. The summed E-state index contributed by atoms with van der Waals surface area (Å²) < 4.78 is 0. The average molecular weight is 322 g/mol. The molecule has 4 bridgehead atoms. The maximum Gasteiger partial charge on any atom is 0.0773 e. The van der Waals surface area contributed by atoms with E-state index in [1.54, 1.807) is 0 Å². The molecule has 23 heavy (non-hydrogen) atoms. The molecule has 5 aliphatic rings. The molecule has 0 aliphatic carbocycles. The zero-order valence-electron chi connectivity index (χ0n) is 15.9. The molecule has 0 aromatic rings. The van der Waals surface area contributed by atoms with E-state index < -0.39 is 0 Å². The van der Waals surface area contributed by atoms with E-state index in [4.69, 9.17) is 0 Å². The van der Waals surface area contributed by atoms with Crippen LogP contribution in [0.1, 0.15) is 60.8 Å². The lowest BCUT2D eigenvalue weighted by molar-refractivity contribution is -0.307. The summed E-state index contributed by atoms with van der Waals surface area (Å²) in [6, 6.07) is 0. The first kappa shape index (κ1) is 16.3. The Balaban J connectivity index is 1.77. The molecule has 0 amide bonds. The Morgan fingerprint density at radius 2 is 1.39 bits per heavy atom. The molecular formula is C19H35N3O. The van der Waals surface area contributed by atoms with Crippen LogP contribution in [0.15, 0.2) is 0 Å². The summed E-state index contributed by atoms with van der Waals surface area (Å²) in [5, 5.41) is 14.9. The maximum absolute atomic E-state index is 11.1. The second-order valence-corrected chi connectivity index (χ2v) is 10.7. The predicted molar refractivity (Wildman–Crippen MR) is 93.2 cm³/mol. The lowest BCUT2D eigenvalue weighted by Crippen LogP contribution is -2.87. The number of hydrogen-bond donors (Lipinski definition) is 2. The molecule has 5 rings (SSSR count). The maximum atomic E-state index is 11.1. The van der Waals surface area contributed by atoms with Gasteiger partial charge in [0.25, 0.3) is 0 Å². The summed E-state index contributed by atoms with van der Waals surface area (Å²) in [5.41, 5.74) is 0.592. The van der Waals surface area contributed by atoms with Crippen LogP contribution in [0.2, 0.25) is 0 Å². The van der Waals surface area contributed by atoms with Gasteiger partial charge >= 0.3 is 0 Å². The van der Waals surface area contributed by atoms with Gasteiger partial charge in [0.1, 0.15) is 0 Å². The fourth-order valence-electron chi connectivity index (χ4n) is 7.06. The molecule has 4 nitrogen and oxygen atoms in total. The van der Waals surface area contributed by atoms with Gasteiger partial charge in [-0.3, -0.25) is 9.80 Å². The van der Waals surface area contributed by atoms with Crippen molar-refractivity contribution in [3.05, 3.63) is 0 Å². The summed E-state index contributed by atoms with van der Waals surface area (Å²) in [6.45, 7) is 18.3. The summed E-state index contributed by atoms with van der Waals surface area (Å²) in [4.78, 5) is 5.53. The Hall–Kier alpha value is -0.160. The van der Waals surface area contributed by atoms with Crippen LogP contribution in [0.4, 0.5) is 0 Å². The molecule has 5 aliphatic heterocycles. The van der Waals surface area contributed by atoms with Crippen LogP contribution < -0.4 is 5.32 Å². The molecule has 4 heteroatoms. The van der Waals surface area contributed by atoms with Crippen molar-refractivity contribution < 1.29 is 5.11 Å². The third-order valence-electron chi connectivity index (χ3n) is 7.36. The lowest BCUT2D eigenvalue weighted by atomic mass is 9.55. The van der Waals surface area contributed by atoms with Crippen LogP contribution in [0.3, 0.4) is 0 Å². The highest BCUT2D eigenvalue weighted by molar-refractivity contribution is 5.21. The normalized spacial score (nSPS) is 52.0. The molecule has 1 spiro atoms. The van der Waals surface area contributed by atoms with Gasteiger partial charge in [-0.05, 0) is 47.0 Å². The fraction of sp³-hybridized carbons (Fsp3) is 1.00. The minimum Gasteiger partial charge on any atom is -0.392 e. The quantitative estimate of drug-likeness (QED) is 0.775. The average Bonchev–Trinajstić information content (AvgIpc) is 2.36. The number of aliphatic hydroxyl groups is 1. The van der Waals surface area contributed by atoms with E-state index in [0.717, 1.165) is 32.6 Å². The Bertz CT molecular complexity index is 493. The van der Waals surface area contributed by atoms with Gasteiger partial charge in [0.05, 0.1) is 11.8 Å². The van der Waals surface area contributed by atoms with E-state index in [-0.39, 0.29) is 33.7 Å². The number of hydrogen-bond acceptors (Lipinski definition) is 4. The Morgan fingerprint density at radius 3 is 1.83 bits per heavy atom. The van der Waals surface area contributed by atoms with Gasteiger partial charge in [-0.1, -0.05) is 13.8 Å². The molecule has 0 aromatic heterocycles. The molecule has 0 aromatic carbocycles. The van der Waals surface area contributed by atoms with Crippen LogP contribution in [0, 0.1) is 10.8 Å². The number of aliphatic hydroxyl groups excluding tert-OH is 1. The zero-order chi connectivity index (χ0) is 16.9. The van der Waals surface area contributed by atoms with Gasteiger partial charge in [-0.2, -0.15) is 0 Å². The second kappa shape index (κ2) is 4.32. The highest BCUT2D eigenvalue weighted by Crippen LogP contribution is 2.59. The highest BCUT2D eigenvalue weighted by Gasteiger charge is 2.69. The summed E-state index contributed by atoms with van der Waals surface area (Å²) in [7, 11) is 0. The molecular weight excluding hydrogens is 286 g/mol. The second-order valence-electron chi connectivity index (χ2n) is 10.7. The third-order valence-corrected chi connectivity index (χ3v) is 7.36. The lowest BCUT2D eigenvalue weighted by Gasteiger charge is -2.75. The van der Waals surface area contributed by atoms with Gasteiger partial charge < -0.3 is 10.4 Å². The number of nitrogens with zero attached hydrogens (tertiary/aromatic N) is 2. The van der Waals surface area contributed by atoms with Gasteiger partial charge in [-0.25, -0.2) is 0 Å². The first-order chi connectivity index (χ1) is 10.5. The molecule has 5 heterocycles. The Kier molecular flexibility index (Phi) is 3.07. The minimum atomic E-state index is -0.146. The molecule has 2 N–H and O–H groups in total. The Labute approximate surface area is 141 Å². The smallest absolute Gasteiger partial charge is 0.0773 e. The minimum absolute atomic E-state index is 0.0386. The van der Waals surface area contributed by atoms with Gasteiger partial charge in [0.2, 0.25) is 0 Å². The Morgan fingerprint density at radius 1 is 0.913 bits per heavy atom. The van der Waals surface area contributed by atoms with Crippen LogP contribution in [-0.2, 0) is 0 Å². The first-order valence-electron chi connectivity index (χ1n) is 9.44. The van der Waals surface area contributed by atoms with Crippen molar-refractivity contribution in [2.24, 2.45) is 10.8 Å². The molecule has 5 fully saturated rings. The van der Waals surface area contributed by atoms with Crippen molar-refractivity contribution in [2.75, 3.05) is 26.2 Å². The van der Waals surface area contributed by atoms with Crippen molar-refractivity contribution in [1.29, 1.82) is 0 Å². The standard InChI is InChI=1S/C19H35N3O/c1-7-18-12-21-10-17(6,14(18)23)11-22(13-18)19(21)8-15(2,3)20-16(4,5)9-19/h14,20,23H,7-13H2,1-6H3/t14-,17?,18?/m1/s1. The first-order valence-corrected chi connectivity index (χ1v) is 9.44. The van der Waals surface area contributed by atoms with Gasteiger partial charge in [0, 0.05) is 48.1 Å². The van der Waals surface area contributed by atoms with E-state index in [2.05, 4.69) is 56.7 Å².